The number of aliphatic carboxylic acids is 1. The van der Waals surface area contributed by atoms with Crippen LogP contribution in [-0.2, 0) is 24.6 Å². The molecule has 0 bridgehead atoms. The average molecular weight is 445 g/mol. The van der Waals surface area contributed by atoms with Gasteiger partial charge in [0.05, 0.1) is 19.4 Å². The van der Waals surface area contributed by atoms with Gasteiger partial charge in [0, 0.05) is 5.56 Å². The predicted molar refractivity (Wildman–Crippen MR) is 120 cm³/mol. The second kappa shape index (κ2) is 12.2. The summed E-state index contributed by atoms with van der Waals surface area (Å²) in [5.41, 5.74) is 1.96. The van der Waals surface area contributed by atoms with Gasteiger partial charge in [-0.3, -0.25) is 9.36 Å². The molecular weight excluding hydrogens is 417 g/mol. The van der Waals surface area contributed by atoms with Crippen molar-refractivity contribution in [1.82, 2.24) is 5.32 Å². The van der Waals surface area contributed by atoms with E-state index >= 15 is 0 Å². The highest BCUT2D eigenvalue weighted by Crippen LogP contribution is 2.51. The second-order valence-electron chi connectivity index (χ2n) is 6.71. The van der Waals surface area contributed by atoms with Crippen molar-refractivity contribution in [2.75, 3.05) is 13.2 Å². The minimum atomic E-state index is -3.24. The number of benzene rings is 2. The van der Waals surface area contributed by atoms with E-state index in [-0.39, 0.29) is 25.8 Å². The van der Waals surface area contributed by atoms with Gasteiger partial charge in [-0.25, -0.2) is 4.79 Å². The van der Waals surface area contributed by atoms with Crippen molar-refractivity contribution in [2.45, 2.75) is 32.5 Å². The quantitative estimate of drug-likeness (QED) is 0.458. The Bertz CT molecular complexity index is 917. The number of carboxylic acids is 1. The molecule has 0 aliphatic heterocycles. The van der Waals surface area contributed by atoms with Crippen LogP contribution >= 0.6 is 7.60 Å². The zero-order valence-electron chi connectivity index (χ0n) is 17.7. The summed E-state index contributed by atoms with van der Waals surface area (Å²) < 4.78 is 23.2. The van der Waals surface area contributed by atoms with Crippen molar-refractivity contribution in [3.8, 4) is 0 Å². The molecule has 0 aliphatic carbocycles. The number of rotatable bonds is 12. The molecule has 0 heterocycles. The summed E-state index contributed by atoms with van der Waals surface area (Å²) in [5.74, 6) is -1.61. The van der Waals surface area contributed by atoms with Crippen LogP contribution in [-0.4, -0.2) is 36.2 Å². The monoisotopic (exact) mass is 445 g/mol. The average Bonchev–Trinajstić information content (AvgIpc) is 2.74. The molecule has 0 unspecified atom stereocenters. The minimum Gasteiger partial charge on any atom is -0.480 e. The van der Waals surface area contributed by atoms with E-state index in [1.54, 1.807) is 44.2 Å². The van der Waals surface area contributed by atoms with Gasteiger partial charge in [0.1, 0.15) is 6.04 Å². The molecule has 0 aromatic heterocycles. The first kappa shape index (κ1) is 24.5. The van der Waals surface area contributed by atoms with E-state index in [1.165, 1.54) is 0 Å². The Balaban J connectivity index is 2.00. The molecule has 7 nitrogen and oxygen atoms in total. The van der Waals surface area contributed by atoms with Crippen LogP contribution in [0.3, 0.4) is 0 Å². The molecule has 8 heteroatoms. The molecule has 0 radical (unpaired) electrons. The summed E-state index contributed by atoms with van der Waals surface area (Å²) in [6.07, 6.45) is 3.78. The minimum absolute atomic E-state index is 0.0958. The maximum absolute atomic E-state index is 12.6. The summed E-state index contributed by atoms with van der Waals surface area (Å²) in [4.78, 5) is 24.0. The van der Waals surface area contributed by atoms with E-state index in [9.17, 15) is 19.3 Å². The molecule has 2 aromatic carbocycles. The molecule has 2 rings (SSSR count). The van der Waals surface area contributed by atoms with Gasteiger partial charge >= 0.3 is 13.6 Å². The second-order valence-corrected chi connectivity index (χ2v) is 8.77. The van der Waals surface area contributed by atoms with Gasteiger partial charge in [-0.05, 0) is 43.5 Å². The van der Waals surface area contributed by atoms with Gasteiger partial charge in [-0.15, -0.1) is 0 Å². The smallest absolute Gasteiger partial charge is 0.335 e. The number of hydrogen-bond donors (Lipinski definition) is 2. The first-order valence-corrected chi connectivity index (χ1v) is 11.8. The van der Waals surface area contributed by atoms with Crippen LogP contribution in [0.25, 0.3) is 6.08 Å². The topological polar surface area (TPSA) is 102 Å². The Morgan fingerprint density at radius 3 is 2.19 bits per heavy atom. The number of carboxylic acid groups (broad SMARTS) is 1. The van der Waals surface area contributed by atoms with Crippen LogP contribution in [0.1, 0.15) is 41.8 Å². The van der Waals surface area contributed by atoms with Crippen LogP contribution in [0.2, 0.25) is 0 Å². The van der Waals surface area contributed by atoms with Gasteiger partial charge in [-0.1, -0.05) is 54.6 Å². The van der Waals surface area contributed by atoms with Crippen LogP contribution in [0, 0.1) is 0 Å². The third kappa shape index (κ3) is 8.13. The van der Waals surface area contributed by atoms with E-state index in [1.807, 2.05) is 36.4 Å². The molecule has 2 N–H and O–H groups in total. The lowest BCUT2D eigenvalue weighted by Gasteiger charge is -2.17. The van der Waals surface area contributed by atoms with E-state index in [0.29, 0.717) is 11.1 Å². The molecule has 1 atom stereocenters. The molecule has 0 fully saturated rings. The molecular formula is C23H28NO6P. The normalized spacial score (nSPS) is 12.6. The summed E-state index contributed by atoms with van der Waals surface area (Å²) in [5, 5.41) is 12.0. The van der Waals surface area contributed by atoms with Gasteiger partial charge in [0.15, 0.2) is 0 Å². The van der Waals surface area contributed by atoms with Crippen molar-refractivity contribution in [3.05, 3.63) is 77.4 Å². The summed E-state index contributed by atoms with van der Waals surface area (Å²) in [6, 6.07) is 14.9. The Kier molecular flexibility index (Phi) is 9.66. The fourth-order valence-corrected chi connectivity index (χ4v) is 4.58. The highest BCUT2D eigenvalue weighted by Gasteiger charge is 2.24. The SMILES string of the molecule is CCOP(=O)(Cc1ccc(C(=O)N[C@H](C/C=C/c2ccccc2)C(=O)O)cc1)OCC. The Labute approximate surface area is 182 Å². The van der Waals surface area contributed by atoms with Gasteiger partial charge in [-0.2, -0.15) is 0 Å². The van der Waals surface area contributed by atoms with Crippen molar-refractivity contribution in [1.29, 1.82) is 0 Å². The zero-order chi connectivity index (χ0) is 22.7. The van der Waals surface area contributed by atoms with Crippen molar-refractivity contribution in [3.63, 3.8) is 0 Å². The van der Waals surface area contributed by atoms with Crippen LogP contribution in [0.15, 0.2) is 60.7 Å². The van der Waals surface area contributed by atoms with E-state index in [2.05, 4.69) is 5.32 Å². The first-order valence-electron chi connectivity index (χ1n) is 10.1. The Morgan fingerprint density at radius 2 is 1.65 bits per heavy atom. The lowest BCUT2D eigenvalue weighted by Crippen LogP contribution is -2.40. The fraction of sp³-hybridized carbons (Fsp3) is 0.304. The zero-order valence-corrected chi connectivity index (χ0v) is 18.6. The molecule has 1 amide bonds. The molecule has 0 aliphatic rings. The number of amides is 1. The third-order valence-corrected chi connectivity index (χ3v) is 6.38. The van der Waals surface area contributed by atoms with E-state index in [4.69, 9.17) is 9.05 Å². The lowest BCUT2D eigenvalue weighted by molar-refractivity contribution is -0.139. The van der Waals surface area contributed by atoms with E-state index < -0.39 is 25.5 Å². The largest absolute Gasteiger partial charge is 0.480 e. The summed E-state index contributed by atoms with van der Waals surface area (Å²) in [6.45, 7) is 4.03. The van der Waals surface area contributed by atoms with Gasteiger partial charge in [0.25, 0.3) is 5.91 Å². The summed E-state index contributed by atoms with van der Waals surface area (Å²) >= 11 is 0. The fourth-order valence-electron chi connectivity index (χ4n) is 2.87. The highest BCUT2D eigenvalue weighted by atomic mass is 31.2. The number of carbonyl (C=O) groups excluding carboxylic acids is 1. The maximum Gasteiger partial charge on any atom is 0.335 e. The van der Waals surface area contributed by atoms with Crippen molar-refractivity contribution < 1.29 is 28.3 Å². The number of nitrogens with one attached hydrogen (secondary N) is 1. The molecule has 0 spiro atoms. The summed E-state index contributed by atoms with van der Waals surface area (Å²) in [7, 11) is -3.24. The van der Waals surface area contributed by atoms with E-state index in [0.717, 1.165) is 5.56 Å². The highest BCUT2D eigenvalue weighted by molar-refractivity contribution is 7.53. The predicted octanol–water partition coefficient (Wildman–Crippen LogP) is 4.74. The number of carbonyl (C=O) groups is 2. The number of hydrogen-bond acceptors (Lipinski definition) is 5. The third-order valence-electron chi connectivity index (χ3n) is 4.33. The lowest BCUT2D eigenvalue weighted by atomic mass is 10.1. The van der Waals surface area contributed by atoms with Crippen LogP contribution < -0.4 is 5.32 Å². The molecule has 31 heavy (non-hydrogen) atoms. The molecule has 0 saturated heterocycles. The molecule has 2 aromatic rings. The van der Waals surface area contributed by atoms with Gasteiger partial charge < -0.3 is 19.5 Å². The van der Waals surface area contributed by atoms with Crippen LogP contribution in [0.4, 0.5) is 0 Å². The first-order chi connectivity index (χ1) is 14.9. The Morgan fingerprint density at radius 1 is 1.03 bits per heavy atom. The van der Waals surface area contributed by atoms with Gasteiger partial charge in [0.2, 0.25) is 0 Å². The van der Waals surface area contributed by atoms with Crippen LogP contribution in [0.5, 0.6) is 0 Å². The standard InChI is InChI=1S/C23H28NO6P/c1-3-29-31(28,30-4-2)17-19-13-15-20(16-14-19)22(25)24-21(23(26)27)12-8-11-18-9-6-5-7-10-18/h5-11,13-16,21H,3-4,12,17H2,1-2H3,(H,24,25)(H,26,27)/b11-8+/t21-/m1/s1. The maximum atomic E-state index is 12.6. The molecule has 0 saturated carbocycles. The van der Waals surface area contributed by atoms with Crippen molar-refractivity contribution >= 4 is 25.5 Å². The van der Waals surface area contributed by atoms with Crippen molar-refractivity contribution in [2.24, 2.45) is 0 Å². The Hall–Kier alpha value is -2.73. The molecule has 166 valence electrons.